The van der Waals surface area contributed by atoms with Crippen LogP contribution in [0.2, 0.25) is 0 Å². The minimum Gasteiger partial charge on any atom is -0.491 e. The molecule has 3 aromatic heterocycles. The van der Waals surface area contributed by atoms with Gasteiger partial charge < -0.3 is 48.5 Å². The number of carbonyl (C=O) groups is 1. The molecule has 4 saturated heterocycles. The van der Waals surface area contributed by atoms with Gasteiger partial charge in [0.05, 0.1) is 63.8 Å². The molecule has 23 heteroatoms. The van der Waals surface area contributed by atoms with Crippen molar-refractivity contribution in [3.63, 3.8) is 0 Å². The number of nitrogens with zero attached hydrogens (tertiary/aromatic N) is 8. The first-order chi connectivity index (χ1) is 40.3. The van der Waals surface area contributed by atoms with E-state index in [2.05, 4.69) is 82.7 Å². The molecule has 3 aromatic carbocycles. The second kappa shape index (κ2) is 21.7. The number of hydrogen-bond acceptors (Lipinski definition) is 19. The number of carbonyl (C=O) groups excluding carboxylic acids is 1. The number of amides is 1. The van der Waals surface area contributed by atoms with Crippen molar-refractivity contribution in [3.8, 4) is 23.1 Å². The quantitative estimate of drug-likeness (QED) is 0.0791. The molecule has 0 bridgehead atoms. The number of H-pyrrole nitrogens is 1. The molecule has 5 fully saturated rings. The Labute approximate surface area is 481 Å². The van der Waals surface area contributed by atoms with Gasteiger partial charge in [0.1, 0.15) is 42.7 Å². The number of fused-ring (bicyclic) bond motifs is 5. The van der Waals surface area contributed by atoms with Gasteiger partial charge in [-0.05, 0) is 107 Å². The number of piperidine rings is 1. The largest absolute Gasteiger partial charge is 0.491 e. The molecule has 22 nitrogen and oxygen atoms in total. The number of nitro benzene ring substituents is 1. The van der Waals surface area contributed by atoms with Crippen LogP contribution in [0.25, 0.3) is 11.0 Å². The number of aromatic amines is 1. The third-order valence-electron chi connectivity index (χ3n) is 18.7. The third-order valence-corrected chi connectivity index (χ3v) is 20.0. The summed E-state index contributed by atoms with van der Waals surface area (Å²) in [6, 6.07) is 20.4. The van der Waals surface area contributed by atoms with Crippen molar-refractivity contribution in [1.29, 1.82) is 0 Å². The van der Waals surface area contributed by atoms with E-state index >= 15 is 0 Å². The highest BCUT2D eigenvalue weighted by Crippen LogP contribution is 2.54. The lowest BCUT2D eigenvalue weighted by Gasteiger charge is -2.58. The maximum absolute atomic E-state index is 15.0. The van der Waals surface area contributed by atoms with Gasteiger partial charge in [0.2, 0.25) is 5.88 Å². The van der Waals surface area contributed by atoms with Gasteiger partial charge in [0.25, 0.3) is 21.6 Å². The summed E-state index contributed by atoms with van der Waals surface area (Å²) in [5, 5.41) is 16.7. The van der Waals surface area contributed by atoms with E-state index < -0.39 is 37.5 Å². The zero-order valence-electron chi connectivity index (χ0n) is 46.6. The summed E-state index contributed by atoms with van der Waals surface area (Å²) in [5.74, 6) is 1.34. The molecular weight excluding hydrogens is 1080 g/mol. The van der Waals surface area contributed by atoms with E-state index in [-0.39, 0.29) is 71.8 Å². The van der Waals surface area contributed by atoms with Gasteiger partial charge >= 0.3 is 0 Å². The van der Waals surface area contributed by atoms with Crippen molar-refractivity contribution in [2.75, 3.05) is 87.5 Å². The molecule has 6 aromatic rings. The number of anilines is 4. The fourth-order valence-electron chi connectivity index (χ4n) is 14.3. The van der Waals surface area contributed by atoms with Crippen molar-refractivity contribution in [3.05, 3.63) is 112 Å². The van der Waals surface area contributed by atoms with E-state index in [1.165, 1.54) is 11.6 Å². The molecule has 83 heavy (non-hydrogen) atoms. The number of para-hydroxylation sites is 1. The second-order valence-corrected chi connectivity index (χ2v) is 25.6. The average molecular weight is 1150 g/mol. The average Bonchev–Trinajstić information content (AvgIpc) is 4.07. The molecular formula is C60H69N11O11S. The molecule has 14 rings (SSSR count). The number of hydrogen-bond donors (Lipinski definition) is 3. The van der Waals surface area contributed by atoms with Crippen LogP contribution in [0.15, 0.2) is 90.3 Å². The van der Waals surface area contributed by atoms with E-state index in [0.29, 0.717) is 61.8 Å². The Morgan fingerprint density at radius 3 is 2.55 bits per heavy atom. The predicted octanol–water partition coefficient (Wildman–Crippen LogP) is 7.57. The summed E-state index contributed by atoms with van der Waals surface area (Å²) in [7, 11) is -4.72. The van der Waals surface area contributed by atoms with E-state index in [4.69, 9.17) is 33.4 Å². The lowest BCUT2D eigenvalue weighted by molar-refractivity contribution is -0.384. The predicted molar refractivity (Wildman–Crippen MR) is 308 cm³/mol. The van der Waals surface area contributed by atoms with E-state index in [9.17, 15) is 23.3 Å². The number of piperazine rings is 1. The number of rotatable bonds is 12. The molecule has 7 aliphatic heterocycles. The number of nitrogens with one attached hydrogen (secondary N) is 3. The van der Waals surface area contributed by atoms with Crippen LogP contribution in [0, 0.1) is 21.4 Å². The number of benzene rings is 3. The monoisotopic (exact) mass is 1150 g/mol. The van der Waals surface area contributed by atoms with Crippen molar-refractivity contribution in [2.24, 2.45) is 11.3 Å². The highest BCUT2D eigenvalue weighted by Gasteiger charge is 2.51. The Bertz CT molecular complexity index is 3560. The first-order valence-corrected chi connectivity index (χ1v) is 30.8. The zero-order chi connectivity index (χ0) is 56.6. The summed E-state index contributed by atoms with van der Waals surface area (Å²) in [5.41, 5.74) is 4.70. The molecule has 0 unspecified atom stereocenters. The van der Waals surface area contributed by atoms with E-state index in [1.807, 2.05) is 30.5 Å². The Kier molecular flexibility index (Phi) is 14.0. The molecule has 10 heterocycles. The van der Waals surface area contributed by atoms with Gasteiger partial charge in [0.15, 0.2) is 17.2 Å². The molecule has 8 aliphatic rings. The van der Waals surface area contributed by atoms with Crippen molar-refractivity contribution < 1.29 is 46.6 Å². The first-order valence-electron chi connectivity index (χ1n) is 29.3. The summed E-state index contributed by atoms with van der Waals surface area (Å²) >= 11 is 0. The van der Waals surface area contributed by atoms with Gasteiger partial charge in [0, 0.05) is 106 Å². The minimum absolute atomic E-state index is 0.0227. The molecule has 1 aliphatic carbocycles. The van der Waals surface area contributed by atoms with Crippen LogP contribution in [0.3, 0.4) is 0 Å². The lowest BCUT2D eigenvalue weighted by Crippen LogP contribution is -2.61. The van der Waals surface area contributed by atoms with Crippen molar-refractivity contribution >= 4 is 55.4 Å². The van der Waals surface area contributed by atoms with Crippen molar-refractivity contribution in [1.82, 2.24) is 34.5 Å². The minimum atomic E-state index is -4.72. The van der Waals surface area contributed by atoms with Crippen LogP contribution in [-0.4, -0.2) is 158 Å². The molecule has 1 saturated carbocycles. The lowest BCUT2D eigenvalue weighted by atomic mass is 9.59. The Hall–Kier alpha value is -7.31. The highest BCUT2D eigenvalue weighted by atomic mass is 32.2. The number of sulfonamides is 1. The number of ether oxygens (including phenoxy) is 6. The fraction of sp³-hybridized carbons (Fsp3) is 0.500. The van der Waals surface area contributed by atoms with Crippen LogP contribution in [0.5, 0.6) is 23.1 Å². The maximum atomic E-state index is 15.0. The first kappa shape index (κ1) is 53.7. The number of nitro groups is 1. The molecule has 5 atom stereocenters. The van der Waals surface area contributed by atoms with Crippen LogP contribution in [0.4, 0.5) is 28.4 Å². The topological polar surface area (TPSA) is 241 Å². The normalized spacial score (nSPS) is 24.7. The van der Waals surface area contributed by atoms with Gasteiger partial charge in [-0.3, -0.25) is 24.7 Å². The van der Waals surface area contributed by atoms with Crippen molar-refractivity contribution in [2.45, 2.75) is 113 Å². The Balaban J connectivity index is 0.735. The number of aromatic nitrogens is 4. The van der Waals surface area contributed by atoms with Gasteiger partial charge in [-0.2, -0.15) is 4.98 Å². The Morgan fingerprint density at radius 2 is 1.72 bits per heavy atom. The SMILES string of the molecule is CC(C)Oc1ccccc1[C@@H]1CN([C@@H]2COc3cncnc3C2)CCN1C1CC2(CCN(c3ccc(C(=O)NS(=O)(=O)c4cc5c(c([N+](=O)[O-])c4)N[C@H](C4CCOCC4)CO5)c(N4c5cc6cc[nH]c6nc5O[C@H]5COCC[C@@H]54)c3)CC2)C1. The van der Waals surface area contributed by atoms with E-state index in [1.54, 1.807) is 18.6 Å². The molecule has 3 N–H and O–H groups in total. The molecule has 436 valence electrons. The summed E-state index contributed by atoms with van der Waals surface area (Å²) < 4.78 is 68.1. The second-order valence-electron chi connectivity index (χ2n) is 23.9. The standard InChI is InChI=1S/C60H69N11O11S/c1-36(2)81-52-6-4-3-5-43(52)51-31-68(40-24-45-54(79-32-40)30-61-35-63-45)18-19-69(51)41-28-60(29-41)13-16-67(17-14-60)39-7-8-44(48(25-39)70-47-12-22-78-34-55(47)82-59-50(70)23-38-9-15-62-57(38)65-59)58(72)66-83(75,76)42-26-49(71(73)74)56-53(27-42)80-33-46(64-56)37-10-20-77-21-11-37/h3-9,15,23,25-27,30,35-37,40-41,46-47,51,55,64H,10-14,16-22,24,28-29,31-34H2,1-2H3,(H,62,65)(H,66,72)/t40-,46-,47-,51-,55-/m0/s1. The van der Waals surface area contributed by atoms with Crippen LogP contribution in [0.1, 0.15) is 86.5 Å². The van der Waals surface area contributed by atoms with Gasteiger partial charge in [-0.25, -0.2) is 23.1 Å². The maximum Gasteiger partial charge on any atom is 0.297 e. The van der Waals surface area contributed by atoms with E-state index in [0.717, 1.165) is 112 Å². The van der Waals surface area contributed by atoms with Gasteiger partial charge in [-0.1, -0.05) is 18.2 Å². The summed E-state index contributed by atoms with van der Waals surface area (Å²) in [6.45, 7) is 11.1. The van der Waals surface area contributed by atoms with Crippen LogP contribution in [-0.2, 0) is 25.9 Å². The van der Waals surface area contributed by atoms with Gasteiger partial charge in [-0.15, -0.1) is 0 Å². The summed E-state index contributed by atoms with van der Waals surface area (Å²) in [6.07, 6.45) is 11.8. The molecule has 0 radical (unpaired) electrons. The Morgan fingerprint density at radius 1 is 0.904 bits per heavy atom. The van der Waals surface area contributed by atoms with Crippen LogP contribution < -0.4 is 38.8 Å². The summed E-state index contributed by atoms with van der Waals surface area (Å²) in [4.78, 5) is 53.1. The third kappa shape index (κ3) is 10.2. The molecule has 1 amide bonds. The van der Waals surface area contributed by atoms with Crippen LogP contribution >= 0.6 is 0 Å². The number of pyridine rings is 1. The highest BCUT2D eigenvalue weighted by molar-refractivity contribution is 7.90. The smallest absolute Gasteiger partial charge is 0.297 e. The fourth-order valence-corrected chi connectivity index (χ4v) is 15.3. The zero-order valence-corrected chi connectivity index (χ0v) is 47.4. The molecule has 1 spiro atoms.